The highest BCUT2D eigenvalue weighted by molar-refractivity contribution is 6.05. The summed E-state index contributed by atoms with van der Waals surface area (Å²) >= 11 is 0. The number of fused-ring (bicyclic) bond motifs is 4. The lowest BCUT2D eigenvalue weighted by Gasteiger charge is -2.10. The summed E-state index contributed by atoms with van der Waals surface area (Å²) in [6, 6.07) is 25.2. The summed E-state index contributed by atoms with van der Waals surface area (Å²) < 4.78 is 3.23. The van der Waals surface area contributed by atoms with Crippen LogP contribution in [-0.2, 0) is 0 Å². The van der Waals surface area contributed by atoms with E-state index in [2.05, 4.69) is 5.10 Å². The van der Waals surface area contributed by atoms with Crippen LogP contribution < -0.4 is 5.56 Å². The molecule has 0 aliphatic carbocycles. The first-order valence-electron chi connectivity index (χ1n) is 11.0. The van der Waals surface area contributed by atoms with Crippen molar-refractivity contribution in [1.29, 1.82) is 0 Å². The Bertz CT molecular complexity index is 1780. The van der Waals surface area contributed by atoms with Gasteiger partial charge in [0.15, 0.2) is 11.3 Å². The van der Waals surface area contributed by atoms with Crippen molar-refractivity contribution >= 4 is 39.4 Å². The molecule has 0 atom stereocenters. The number of hydrogen-bond acceptors (Lipinski definition) is 5. The lowest BCUT2D eigenvalue weighted by molar-refractivity contribution is 0.865. The molecule has 0 N–H and O–H groups in total. The third-order valence-corrected chi connectivity index (χ3v) is 5.84. The Hall–Kier alpha value is -4.65. The van der Waals surface area contributed by atoms with Crippen molar-refractivity contribution in [2.45, 2.75) is 13.8 Å². The number of para-hydroxylation sites is 2. The molecule has 6 aromatic rings. The Balaban J connectivity index is 1.71. The number of nitrogens with zero attached hydrogens (tertiary/aromatic N) is 6. The molecule has 34 heavy (non-hydrogen) atoms. The van der Waals surface area contributed by atoms with E-state index in [1.165, 1.54) is 0 Å². The summed E-state index contributed by atoms with van der Waals surface area (Å²) in [7, 11) is 0. The SMILES string of the molecule is Cc1ccc(-n2c(C)nc3c(c2=O)c2nc4ccccc4nc2n3N=Cc2ccccc2)cc1. The van der Waals surface area contributed by atoms with E-state index in [1.807, 2.05) is 92.7 Å². The van der Waals surface area contributed by atoms with Crippen LogP contribution in [0.4, 0.5) is 0 Å². The highest BCUT2D eigenvalue weighted by Gasteiger charge is 2.21. The predicted octanol–water partition coefficient (Wildman–Crippen LogP) is 4.78. The van der Waals surface area contributed by atoms with E-state index >= 15 is 0 Å². The Morgan fingerprint density at radius 3 is 2.18 bits per heavy atom. The van der Waals surface area contributed by atoms with Gasteiger partial charge in [0, 0.05) is 0 Å². The zero-order chi connectivity index (χ0) is 23.2. The first-order chi connectivity index (χ1) is 16.6. The third-order valence-electron chi connectivity index (χ3n) is 5.84. The molecule has 164 valence electrons. The molecule has 0 aliphatic heterocycles. The van der Waals surface area contributed by atoms with E-state index in [0.717, 1.165) is 22.3 Å². The van der Waals surface area contributed by atoms with Gasteiger partial charge >= 0.3 is 0 Å². The molecule has 6 rings (SSSR count). The third kappa shape index (κ3) is 3.17. The summed E-state index contributed by atoms with van der Waals surface area (Å²) in [6.07, 6.45) is 1.73. The van der Waals surface area contributed by atoms with E-state index in [4.69, 9.17) is 15.0 Å². The van der Waals surface area contributed by atoms with Gasteiger partial charge in [0.2, 0.25) is 0 Å². The van der Waals surface area contributed by atoms with E-state index in [-0.39, 0.29) is 5.56 Å². The number of aromatic nitrogens is 5. The van der Waals surface area contributed by atoms with Crippen LogP contribution in [-0.4, -0.2) is 30.4 Å². The Morgan fingerprint density at radius 2 is 1.44 bits per heavy atom. The van der Waals surface area contributed by atoms with Crippen LogP contribution in [0.25, 0.3) is 38.9 Å². The molecule has 0 bridgehead atoms. The van der Waals surface area contributed by atoms with Crippen molar-refractivity contribution in [2.75, 3.05) is 0 Å². The summed E-state index contributed by atoms with van der Waals surface area (Å²) in [5.41, 5.74) is 5.45. The van der Waals surface area contributed by atoms with Crippen molar-refractivity contribution in [3.05, 3.63) is 106 Å². The zero-order valence-corrected chi connectivity index (χ0v) is 18.7. The molecule has 0 fully saturated rings. The quantitative estimate of drug-likeness (QED) is 0.368. The molecule has 0 saturated carbocycles. The van der Waals surface area contributed by atoms with Crippen molar-refractivity contribution in [3.63, 3.8) is 0 Å². The summed E-state index contributed by atoms with van der Waals surface area (Å²) in [4.78, 5) is 28.3. The molecule has 7 nitrogen and oxygen atoms in total. The summed E-state index contributed by atoms with van der Waals surface area (Å²) in [5.74, 6) is 0.560. The number of rotatable bonds is 3. The summed E-state index contributed by atoms with van der Waals surface area (Å²) in [5, 5.41) is 5.07. The van der Waals surface area contributed by atoms with Crippen LogP contribution >= 0.6 is 0 Å². The monoisotopic (exact) mass is 444 g/mol. The van der Waals surface area contributed by atoms with Gasteiger partial charge in [0.05, 0.1) is 22.9 Å². The molecule has 0 unspecified atom stereocenters. The standard InChI is InChI=1S/C27H20N6O/c1-17-12-14-20(15-13-17)32-18(2)29-25-23(27(32)34)24-26(31-22-11-7-6-10-21(22)30-24)33(25)28-16-19-8-4-3-5-9-19/h3-16H,1-2H3. The Kier molecular flexibility index (Phi) is 4.55. The maximum atomic E-state index is 13.9. The molecule has 0 amide bonds. The molecule has 3 aromatic heterocycles. The second-order valence-corrected chi connectivity index (χ2v) is 8.19. The summed E-state index contributed by atoms with van der Waals surface area (Å²) in [6.45, 7) is 3.83. The van der Waals surface area contributed by atoms with Crippen LogP contribution in [0.1, 0.15) is 17.0 Å². The maximum Gasteiger partial charge on any atom is 0.269 e. The first kappa shape index (κ1) is 20.0. The van der Waals surface area contributed by atoms with Crippen LogP contribution in [0.2, 0.25) is 0 Å². The number of benzene rings is 3. The average molecular weight is 444 g/mol. The molecule has 0 aliphatic rings. The molecule has 0 saturated heterocycles. The smallest absolute Gasteiger partial charge is 0.268 e. The largest absolute Gasteiger partial charge is 0.269 e. The van der Waals surface area contributed by atoms with E-state index < -0.39 is 0 Å². The van der Waals surface area contributed by atoms with Crippen LogP contribution in [0, 0.1) is 13.8 Å². The van der Waals surface area contributed by atoms with Crippen LogP contribution in [0.3, 0.4) is 0 Å². The molecule has 0 spiro atoms. The fourth-order valence-electron chi connectivity index (χ4n) is 4.15. The van der Waals surface area contributed by atoms with Crippen molar-refractivity contribution in [1.82, 2.24) is 24.2 Å². The minimum absolute atomic E-state index is 0.199. The van der Waals surface area contributed by atoms with Gasteiger partial charge < -0.3 is 0 Å². The minimum Gasteiger partial charge on any atom is -0.268 e. The molecule has 3 heterocycles. The van der Waals surface area contributed by atoms with Crippen molar-refractivity contribution < 1.29 is 0 Å². The predicted molar refractivity (Wildman–Crippen MR) is 135 cm³/mol. The van der Waals surface area contributed by atoms with Gasteiger partial charge in [0.25, 0.3) is 5.56 Å². The first-order valence-corrected chi connectivity index (χ1v) is 11.0. The van der Waals surface area contributed by atoms with Gasteiger partial charge in [-0.2, -0.15) is 9.78 Å². The fraction of sp³-hybridized carbons (Fsp3) is 0.0741. The molecular formula is C27H20N6O. The highest BCUT2D eigenvalue weighted by Crippen LogP contribution is 2.26. The zero-order valence-electron chi connectivity index (χ0n) is 18.7. The lowest BCUT2D eigenvalue weighted by Crippen LogP contribution is -2.22. The highest BCUT2D eigenvalue weighted by atomic mass is 16.1. The molecule has 7 heteroatoms. The maximum absolute atomic E-state index is 13.9. The Morgan fingerprint density at radius 1 is 0.765 bits per heavy atom. The normalized spacial score (nSPS) is 11.8. The number of hydrogen-bond donors (Lipinski definition) is 0. The van der Waals surface area contributed by atoms with Gasteiger partial charge in [-0.15, -0.1) is 0 Å². The minimum atomic E-state index is -0.199. The average Bonchev–Trinajstić information content (AvgIpc) is 3.15. The van der Waals surface area contributed by atoms with Crippen LogP contribution in [0.15, 0.2) is 88.8 Å². The van der Waals surface area contributed by atoms with Gasteiger partial charge in [-0.05, 0) is 43.7 Å². The Labute approximate surface area is 194 Å². The number of aryl methyl sites for hydroxylation is 2. The van der Waals surface area contributed by atoms with E-state index in [9.17, 15) is 4.79 Å². The van der Waals surface area contributed by atoms with E-state index in [1.54, 1.807) is 15.5 Å². The molecule has 0 radical (unpaired) electrons. The van der Waals surface area contributed by atoms with Gasteiger partial charge in [-0.1, -0.05) is 60.2 Å². The second-order valence-electron chi connectivity index (χ2n) is 8.19. The van der Waals surface area contributed by atoms with Crippen LogP contribution in [0.5, 0.6) is 0 Å². The van der Waals surface area contributed by atoms with Gasteiger partial charge in [0.1, 0.15) is 16.7 Å². The van der Waals surface area contributed by atoms with Gasteiger partial charge in [-0.25, -0.2) is 15.0 Å². The van der Waals surface area contributed by atoms with Gasteiger partial charge in [-0.3, -0.25) is 9.36 Å². The second kappa shape index (κ2) is 7.74. The molecular weight excluding hydrogens is 424 g/mol. The molecule has 3 aromatic carbocycles. The van der Waals surface area contributed by atoms with Crippen molar-refractivity contribution in [2.24, 2.45) is 5.10 Å². The fourth-order valence-corrected chi connectivity index (χ4v) is 4.15. The van der Waals surface area contributed by atoms with Crippen molar-refractivity contribution in [3.8, 4) is 5.69 Å². The lowest BCUT2D eigenvalue weighted by atomic mass is 10.2. The van der Waals surface area contributed by atoms with E-state index in [0.29, 0.717) is 33.5 Å². The topological polar surface area (TPSA) is 78.0 Å².